The number of hydrogen-bond donors (Lipinski definition) is 1. The molecule has 1 atom stereocenters. The van der Waals surface area contributed by atoms with Crippen molar-refractivity contribution in [1.82, 2.24) is 9.80 Å². The van der Waals surface area contributed by atoms with E-state index in [1.165, 1.54) is 0 Å². The third-order valence-corrected chi connectivity index (χ3v) is 5.85. The molecule has 3 heterocycles. The summed E-state index contributed by atoms with van der Waals surface area (Å²) >= 11 is 0. The van der Waals surface area contributed by atoms with Gasteiger partial charge in [0.1, 0.15) is 0 Å². The lowest BCUT2D eigenvalue weighted by atomic mass is 9.82. The Hall–Kier alpha value is -1.14. The number of ether oxygens (including phenoxy) is 1. The molecule has 3 fully saturated rings. The summed E-state index contributed by atoms with van der Waals surface area (Å²) in [6, 6.07) is 0. The second-order valence-corrected chi connectivity index (χ2v) is 7.39. The number of carbonyl (C=O) groups is 2. The number of likely N-dealkylation sites (tertiary alicyclic amines) is 2. The van der Waals surface area contributed by atoms with Gasteiger partial charge in [-0.25, -0.2) is 0 Å². The Balaban J connectivity index is 1.46. The molecule has 3 saturated heterocycles. The third-order valence-electron chi connectivity index (χ3n) is 5.85. The average molecular weight is 338 g/mol. The normalized spacial score (nSPS) is 28.0. The predicted octanol–water partition coefficient (Wildman–Crippen LogP) is 1.31. The van der Waals surface area contributed by atoms with Gasteiger partial charge >= 0.3 is 0 Å². The second-order valence-electron chi connectivity index (χ2n) is 7.39. The molecule has 0 unspecified atom stereocenters. The van der Waals surface area contributed by atoms with Gasteiger partial charge in [0, 0.05) is 45.6 Å². The molecule has 0 aromatic carbocycles. The van der Waals surface area contributed by atoms with Crippen molar-refractivity contribution in [2.24, 2.45) is 0 Å². The quantitative estimate of drug-likeness (QED) is 0.842. The van der Waals surface area contributed by atoms with Crippen LogP contribution < -0.4 is 0 Å². The number of amides is 2. The lowest BCUT2D eigenvalue weighted by molar-refractivity contribution is -0.179. The summed E-state index contributed by atoms with van der Waals surface area (Å²) in [5, 5.41) is 10.3. The van der Waals surface area contributed by atoms with E-state index in [0.29, 0.717) is 51.9 Å². The van der Waals surface area contributed by atoms with Crippen molar-refractivity contribution in [1.29, 1.82) is 0 Å². The van der Waals surface area contributed by atoms with Gasteiger partial charge in [-0.3, -0.25) is 9.59 Å². The van der Waals surface area contributed by atoms with Crippen LogP contribution in [0.1, 0.15) is 57.8 Å². The molecule has 6 nitrogen and oxygen atoms in total. The minimum absolute atomic E-state index is 0.118. The first-order valence-electron chi connectivity index (χ1n) is 9.48. The van der Waals surface area contributed by atoms with Crippen LogP contribution >= 0.6 is 0 Å². The summed E-state index contributed by atoms with van der Waals surface area (Å²) in [5.41, 5.74) is -0.435. The van der Waals surface area contributed by atoms with E-state index in [9.17, 15) is 14.7 Å². The van der Waals surface area contributed by atoms with Crippen LogP contribution in [-0.4, -0.2) is 71.2 Å². The molecule has 0 aromatic heterocycles. The minimum atomic E-state index is -0.435. The zero-order chi connectivity index (χ0) is 17.0. The fourth-order valence-electron chi connectivity index (χ4n) is 4.19. The van der Waals surface area contributed by atoms with Crippen molar-refractivity contribution in [3.05, 3.63) is 0 Å². The summed E-state index contributed by atoms with van der Waals surface area (Å²) < 4.78 is 5.89. The average Bonchev–Trinajstić information content (AvgIpc) is 2.80. The molecule has 0 aliphatic carbocycles. The van der Waals surface area contributed by atoms with E-state index in [4.69, 9.17) is 4.74 Å². The molecular weight excluding hydrogens is 308 g/mol. The lowest BCUT2D eigenvalue weighted by Crippen LogP contribution is -2.56. The maximum absolute atomic E-state index is 12.5. The number of rotatable bonds is 3. The molecule has 1 spiro atoms. The SMILES string of the molecule is O=C1CCCCCN1CCC(=O)N1CCC2(CC1)OCCC[C@@H]2O. The standard InChI is InChI=1S/C18H30N2O4/c21-15-5-4-14-24-18(15)8-12-20(13-9-18)17(23)7-11-19-10-3-1-2-6-16(19)22/h15,21H,1-14H2/t15-/m0/s1. The molecule has 1 N–H and O–H groups in total. The highest BCUT2D eigenvalue weighted by molar-refractivity contribution is 5.79. The Labute approximate surface area is 144 Å². The number of carbonyl (C=O) groups excluding carboxylic acids is 2. The lowest BCUT2D eigenvalue weighted by Gasteiger charge is -2.46. The fraction of sp³-hybridized carbons (Fsp3) is 0.889. The van der Waals surface area contributed by atoms with Crippen molar-refractivity contribution >= 4 is 11.8 Å². The first kappa shape index (κ1) is 17.7. The monoisotopic (exact) mass is 338 g/mol. The summed E-state index contributed by atoms with van der Waals surface area (Å²) in [7, 11) is 0. The van der Waals surface area contributed by atoms with Crippen molar-refractivity contribution in [2.75, 3.05) is 32.8 Å². The highest BCUT2D eigenvalue weighted by Gasteiger charge is 2.44. The van der Waals surface area contributed by atoms with Gasteiger partial charge in [-0.15, -0.1) is 0 Å². The Kier molecular flexibility index (Phi) is 5.76. The molecule has 0 saturated carbocycles. The maximum Gasteiger partial charge on any atom is 0.224 e. The van der Waals surface area contributed by atoms with Crippen molar-refractivity contribution in [3.8, 4) is 0 Å². The second kappa shape index (κ2) is 7.83. The van der Waals surface area contributed by atoms with Gasteiger partial charge in [-0.05, 0) is 38.5 Å². The van der Waals surface area contributed by atoms with Crippen LogP contribution in [-0.2, 0) is 14.3 Å². The largest absolute Gasteiger partial charge is 0.390 e. The number of hydrogen-bond acceptors (Lipinski definition) is 4. The van der Waals surface area contributed by atoms with E-state index < -0.39 is 11.7 Å². The summed E-state index contributed by atoms with van der Waals surface area (Å²) in [5.74, 6) is 0.309. The predicted molar refractivity (Wildman–Crippen MR) is 89.4 cm³/mol. The maximum atomic E-state index is 12.5. The van der Waals surface area contributed by atoms with Gasteiger partial charge in [0.15, 0.2) is 0 Å². The first-order valence-corrected chi connectivity index (χ1v) is 9.48. The highest BCUT2D eigenvalue weighted by Crippen LogP contribution is 2.35. The summed E-state index contributed by atoms with van der Waals surface area (Å²) in [4.78, 5) is 28.2. The van der Waals surface area contributed by atoms with E-state index in [1.54, 1.807) is 0 Å². The molecule has 6 heteroatoms. The van der Waals surface area contributed by atoms with E-state index in [-0.39, 0.29) is 11.8 Å². The van der Waals surface area contributed by atoms with Crippen LogP contribution in [0, 0.1) is 0 Å². The number of aliphatic hydroxyl groups excluding tert-OH is 1. The van der Waals surface area contributed by atoms with E-state index in [0.717, 1.165) is 38.6 Å². The van der Waals surface area contributed by atoms with E-state index >= 15 is 0 Å². The van der Waals surface area contributed by atoms with E-state index in [1.807, 2.05) is 9.80 Å². The zero-order valence-corrected chi connectivity index (χ0v) is 14.5. The molecule has 0 aromatic rings. The van der Waals surface area contributed by atoms with Gasteiger partial charge < -0.3 is 19.6 Å². The van der Waals surface area contributed by atoms with Crippen LogP contribution in [0.4, 0.5) is 0 Å². The minimum Gasteiger partial charge on any atom is -0.390 e. The van der Waals surface area contributed by atoms with Gasteiger partial charge in [-0.2, -0.15) is 0 Å². The molecule has 3 rings (SSSR count). The molecule has 3 aliphatic rings. The van der Waals surface area contributed by atoms with Crippen molar-refractivity contribution < 1.29 is 19.4 Å². The Morgan fingerprint density at radius 1 is 1.17 bits per heavy atom. The van der Waals surface area contributed by atoms with Crippen LogP contribution in [0.25, 0.3) is 0 Å². The van der Waals surface area contributed by atoms with Crippen molar-refractivity contribution in [3.63, 3.8) is 0 Å². The van der Waals surface area contributed by atoms with Gasteiger partial charge in [-0.1, -0.05) is 6.42 Å². The first-order chi connectivity index (χ1) is 11.6. The molecule has 24 heavy (non-hydrogen) atoms. The third kappa shape index (κ3) is 3.91. The Morgan fingerprint density at radius 3 is 2.71 bits per heavy atom. The van der Waals surface area contributed by atoms with Gasteiger partial charge in [0.2, 0.25) is 11.8 Å². The fourth-order valence-corrected chi connectivity index (χ4v) is 4.19. The number of piperidine rings is 1. The van der Waals surface area contributed by atoms with E-state index in [2.05, 4.69) is 0 Å². The summed E-state index contributed by atoms with van der Waals surface area (Å²) in [6.45, 7) is 3.32. The van der Waals surface area contributed by atoms with Crippen LogP contribution in [0.15, 0.2) is 0 Å². The molecule has 0 radical (unpaired) electrons. The molecule has 136 valence electrons. The van der Waals surface area contributed by atoms with Crippen molar-refractivity contribution in [2.45, 2.75) is 69.5 Å². The Bertz CT molecular complexity index is 460. The van der Waals surface area contributed by atoms with Gasteiger partial charge in [0.25, 0.3) is 0 Å². The highest BCUT2D eigenvalue weighted by atomic mass is 16.5. The molecule has 0 bridgehead atoms. The molecule has 3 aliphatic heterocycles. The van der Waals surface area contributed by atoms with Crippen LogP contribution in [0.2, 0.25) is 0 Å². The smallest absolute Gasteiger partial charge is 0.224 e. The van der Waals surface area contributed by atoms with Crippen LogP contribution in [0.5, 0.6) is 0 Å². The Morgan fingerprint density at radius 2 is 1.96 bits per heavy atom. The number of aliphatic hydroxyl groups is 1. The topological polar surface area (TPSA) is 70.1 Å². The molecule has 2 amide bonds. The van der Waals surface area contributed by atoms with Crippen LogP contribution in [0.3, 0.4) is 0 Å². The summed E-state index contributed by atoms with van der Waals surface area (Å²) in [6.07, 6.45) is 6.87. The molecular formula is C18H30N2O4. The zero-order valence-electron chi connectivity index (χ0n) is 14.5. The van der Waals surface area contributed by atoms with Gasteiger partial charge in [0.05, 0.1) is 11.7 Å². The number of nitrogens with zero attached hydrogens (tertiary/aromatic N) is 2.